The van der Waals surface area contributed by atoms with E-state index in [1.54, 1.807) is 19.5 Å². The van der Waals surface area contributed by atoms with E-state index in [4.69, 9.17) is 4.74 Å². The quantitative estimate of drug-likeness (QED) is 0.703. The van der Waals surface area contributed by atoms with Gasteiger partial charge in [0.2, 0.25) is 0 Å². The van der Waals surface area contributed by atoms with Crippen LogP contribution < -0.4 is 15.4 Å². The number of benzene rings is 1. The van der Waals surface area contributed by atoms with E-state index in [-0.39, 0.29) is 0 Å². The number of aliphatic imine (C=N–C) groups is 1. The van der Waals surface area contributed by atoms with E-state index in [1.165, 1.54) is 11.1 Å². The fourth-order valence-electron chi connectivity index (χ4n) is 3.14. The molecule has 1 aliphatic rings. The van der Waals surface area contributed by atoms with Gasteiger partial charge in [-0.15, -0.1) is 0 Å². The third kappa shape index (κ3) is 5.13. The van der Waals surface area contributed by atoms with Crippen molar-refractivity contribution in [3.8, 4) is 5.75 Å². The van der Waals surface area contributed by atoms with Gasteiger partial charge in [0.1, 0.15) is 17.4 Å². The number of ether oxygens (including phenoxy) is 1. The van der Waals surface area contributed by atoms with Gasteiger partial charge in [-0.3, -0.25) is 4.98 Å². The summed E-state index contributed by atoms with van der Waals surface area (Å²) in [6.07, 6.45) is 10.1. The second-order valence-electron chi connectivity index (χ2n) is 7.10. The second kappa shape index (κ2) is 9.73. The predicted molar refractivity (Wildman–Crippen MR) is 120 cm³/mol. The summed E-state index contributed by atoms with van der Waals surface area (Å²) < 4.78 is 5.60. The van der Waals surface area contributed by atoms with Crippen molar-refractivity contribution in [2.24, 2.45) is 4.99 Å². The van der Waals surface area contributed by atoms with E-state index in [0.717, 1.165) is 41.5 Å². The van der Waals surface area contributed by atoms with Crippen molar-refractivity contribution >= 4 is 11.8 Å². The Balaban J connectivity index is 1.79. The maximum atomic E-state index is 5.60. The van der Waals surface area contributed by atoms with Gasteiger partial charge in [-0.25, -0.2) is 4.99 Å². The maximum absolute atomic E-state index is 5.60. The number of rotatable bonds is 8. The van der Waals surface area contributed by atoms with Crippen LogP contribution in [0.1, 0.15) is 36.5 Å². The van der Waals surface area contributed by atoms with Gasteiger partial charge in [-0.2, -0.15) is 0 Å². The molecule has 3 rings (SSSR count). The lowest BCUT2D eigenvalue weighted by Gasteiger charge is -2.20. The molecule has 0 spiro atoms. The first kappa shape index (κ1) is 20.4. The topological polar surface area (TPSA) is 58.5 Å². The van der Waals surface area contributed by atoms with Crippen LogP contribution in [-0.2, 0) is 6.42 Å². The third-order valence-electron chi connectivity index (χ3n) is 4.79. The summed E-state index contributed by atoms with van der Waals surface area (Å²) in [5.74, 6) is 2.86. The van der Waals surface area contributed by atoms with Gasteiger partial charge >= 0.3 is 0 Å². The molecule has 2 heterocycles. The standard InChI is InChI=1S/C24H28N4O/c1-5-20(21-15-19(17(2)3)8-9-22(21)29-4)24-27-14-11-23(28-24)26-13-10-18-7-6-12-25-16-18/h5-9,11-12,14-17,26,28H,1,10,13H2,2-4H3/b24-20+. The molecule has 0 amide bonds. The van der Waals surface area contributed by atoms with E-state index in [2.05, 4.69) is 59.2 Å². The molecule has 0 atom stereocenters. The highest BCUT2D eigenvalue weighted by Crippen LogP contribution is 2.32. The van der Waals surface area contributed by atoms with Crippen molar-refractivity contribution in [1.82, 2.24) is 15.6 Å². The van der Waals surface area contributed by atoms with Gasteiger partial charge < -0.3 is 15.4 Å². The molecule has 0 unspecified atom stereocenters. The molecule has 0 saturated heterocycles. The fourth-order valence-corrected chi connectivity index (χ4v) is 3.14. The molecule has 1 aliphatic heterocycles. The van der Waals surface area contributed by atoms with Crippen LogP contribution in [0.4, 0.5) is 0 Å². The Kier molecular flexibility index (Phi) is 6.85. The van der Waals surface area contributed by atoms with Gasteiger partial charge in [0.15, 0.2) is 0 Å². The monoisotopic (exact) mass is 388 g/mol. The lowest BCUT2D eigenvalue weighted by atomic mass is 9.96. The van der Waals surface area contributed by atoms with Crippen LogP contribution in [0.25, 0.3) is 5.57 Å². The maximum Gasteiger partial charge on any atom is 0.139 e. The van der Waals surface area contributed by atoms with Gasteiger partial charge in [0.25, 0.3) is 0 Å². The van der Waals surface area contributed by atoms with Crippen LogP contribution in [0.5, 0.6) is 5.75 Å². The first-order valence-corrected chi connectivity index (χ1v) is 9.81. The molecule has 0 aliphatic carbocycles. The van der Waals surface area contributed by atoms with Crippen molar-refractivity contribution in [2.75, 3.05) is 13.7 Å². The normalized spacial score (nSPS) is 14.8. The molecule has 29 heavy (non-hydrogen) atoms. The minimum absolute atomic E-state index is 0.420. The minimum Gasteiger partial charge on any atom is -0.496 e. The Labute approximate surface area is 172 Å². The predicted octanol–water partition coefficient (Wildman–Crippen LogP) is 4.42. The number of nitrogens with one attached hydrogen (secondary N) is 2. The average Bonchev–Trinajstić information content (AvgIpc) is 2.75. The number of aromatic nitrogens is 1. The van der Waals surface area contributed by atoms with Gasteiger partial charge in [0.05, 0.1) is 7.11 Å². The molecular formula is C24H28N4O. The van der Waals surface area contributed by atoms with Crippen LogP contribution in [0.3, 0.4) is 0 Å². The Bertz CT molecular complexity index is 943. The minimum atomic E-state index is 0.420. The van der Waals surface area contributed by atoms with Crippen molar-refractivity contribution in [3.05, 3.63) is 89.8 Å². The molecule has 0 fully saturated rings. The summed E-state index contributed by atoms with van der Waals surface area (Å²) in [7, 11) is 1.68. The molecule has 0 radical (unpaired) electrons. The Hall–Kier alpha value is -3.34. The molecule has 1 aromatic carbocycles. The first-order valence-electron chi connectivity index (χ1n) is 9.81. The molecule has 5 heteroatoms. The Morgan fingerprint density at radius 2 is 2.17 bits per heavy atom. The van der Waals surface area contributed by atoms with E-state index >= 15 is 0 Å². The third-order valence-corrected chi connectivity index (χ3v) is 4.79. The van der Waals surface area contributed by atoms with Crippen LogP contribution in [-0.4, -0.2) is 24.9 Å². The number of allylic oxidation sites excluding steroid dienone is 3. The van der Waals surface area contributed by atoms with Crippen LogP contribution in [0.15, 0.2) is 78.1 Å². The number of nitrogens with zero attached hydrogens (tertiary/aromatic N) is 2. The SMILES string of the molecule is C=C/C(=C1/N=CC=C(NCCc2cccnc2)N1)c1cc(C(C)C)ccc1OC. The number of pyridine rings is 1. The zero-order valence-corrected chi connectivity index (χ0v) is 17.3. The van der Waals surface area contributed by atoms with E-state index in [0.29, 0.717) is 5.92 Å². The largest absolute Gasteiger partial charge is 0.496 e. The summed E-state index contributed by atoms with van der Waals surface area (Å²) in [5.41, 5.74) is 4.32. The van der Waals surface area contributed by atoms with Gasteiger partial charge in [0, 0.05) is 36.3 Å². The molecule has 5 nitrogen and oxygen atoms in total. The van der Waals surface area contributed by atoms with Crippen molar-refractivity contribution in [1.29, 1.82) is 0 Å². The molecule has 150 valence electrons. The Morgan fingerprint density at radius 1 is 1.31 bits per heavy atom. The highest BCUT2D eigenvalue weighted by atomic mass is 16.5. The zero-order chi connectivity index (χ0) is 20.6. The summed E-state index contributed by atoms with van der Waals surface area (Å²) in [6, 6.07) is 10.3. The molecule has 0 saturated carbocycles. The van der Waals surface area contributed by atoms with Crippen LogP contribution >= 0.6 is 0 Å². The zero-order valence-electron chi connectivity index (χ0n) is 17.3. The second-order valence-corrected chi connectivity index (χ2v) is 7.10. The lowest BCUT2D eigenvalue weighted by Crippen LogP contribution is -2.29. The van der Waals surface area contributed by atoms with Crippen molar-refractivity contribution in [3.63, 3.8) is 0 Å². The number of hydrogen-bond donors (Lipinski definition) is 2. The highest BCUT2D eigenvalue weighted by Gasteiger charge is 2.15. The summed E-state index contributed by atoms with van der Waals surface area (Å²) in [6.45, 7) is 9.16. The van der Waals surface area contributed by atoms with E-state index in [9.17, 15) is 0 Å². The number of hydrogen-bond acceptors (Lipinski definition) is 5. The average molecular weight is 389 g/mol. The first-order chi connectivity index (χ1) is 14.1. The summed E-state index contributed by atoms with van der Waals surface area (Å²) in [4.78, 5) is 8.69. The van der Waals surface area contributed by atoms with E-state index < -0.39 is 0 Å². The van der Waals surface area contributed by atoms with Crippen LogP contribution in [0, 0.1) is 0 Å². The molecule has 2 N–H and O–H groups in total. The van der Waals surface area contributed by atoms with Crippen molar-refractivity contribution in [2.45, 2.75) is 26.2 Å². The highest BCUT2D eigenvalue weighted by molar-refractivity contribution is 5.84. The van der Waals surface area contributed by atoms with Crippen molar-refractivity contribution < 1.29 is 4.74 Å². The summed E-state index contributed by atoms with van der Waals surface area (Å²) in [5, 5.41) is 6.80. The summed E-state index contributed by atoms with van der Waals surface area (Å²) >= 11 is 0. The molecule has 1 aromatic heterocycles. The lowest BCUT2D eigenvalue weighted by molar-refractivity contribution is 0.413. The van der Waals surface area contributed by atoms with Gasteiger partial charge in [-0.1, -0.05) is 38.6 Å². The smallest absolute Gasteiger partial charge is 0.139 e. The van der Waals surface area contributed by atoms with E-state index in [1.807, 2.05) is 30.5 Å². The molecule has 0 bridgehead atoms. The van der Waals surface area contributed by atoms with Gasteiger partial charge in [-0.05, 0) is 47.7 Å². The Morgan fingerprint density at radius 3 is 2.86 bits per heavy atom. The van der Waals surface area contributed by atoms with Crippen LogP contribution in [0.2, 0.25) is 0 Å². The number of methoxy groups -OCH3 is 1. The fraction of sp³-hybridized carbons (Fsp3) is 0.250. The molecule has 2 aromatic rings. The molecular weight excluding hydrogens is 360 g/mol.